The number of aliphatic hydroxyl groups is 3. The third-order valence-corrected chi connectivity index (χ3v) is 9.31. The Kier molecular flexibility index (Phi) is 4.10. The highest BCUT2D eigenvalue weighted by Gasteiger charge is 2.62. The summed E-state index contributed by atoms with van der Waals surface area (Å²) in [7, 11) is 0. The Bertz CT molecular complexity index is 491. The number of hydrogen-bond donors (Lipinski definition) is 3. The van der Waals surface area contributed by atoms with Crippen molar-refractivity contribution in [3.05, 3.63) is 0 Å². The van der Waals surface area contributed by atoms with Gasteiger partial charge in [0.25, 0.3) is 0 Å². The average molecular weight is 337 g/mol. The maximum Gasteiger partial charge on any atom is 0.0577 e. The Hall–Kier alpha value is -0.120. The Morgan fingerprint density at radius 1 is 0.833 bits per heavy atom. The molecule has 0 aromatic heterocycles. The van der Waals surface area contributed by atoms with Crippen molar-refractivity contribution in [3.63, 3.8) is 0 Å². The van der Waals surface area contributed by atoms with Gasteiger partial charge in [-0.15, -0.1) is 0 Å². The van der Waals surface area contributed by atoms with E-state index in [4.69, 9.17) is 0 Å². The number of hydrogen-bond acceptors (Lipinski definition) is 3. The summed E-state index contributed by atoms with van der Waals surface area (Å²) in [5, 5.41) is 31.4. The fourth-order valence-electron chi connectivity index (χ4n) is 8.11. The molecule has 0 radical (unpaired) electrons. The normalized spacial score (nSPS) is 58.5. The summed E-state index contributed by atoms with van der Waals surface area (Å²) in [5.41, 5.74) is 0.457. The van der Waals surface area contributed by atoms with Gasteiger partial charge in [-0.2, -0.15) is 0 Å². The predicted molar refractivity (Wildman–Crippen MR) is 94.3 cm³/mol. The van der Waals surface area contributed by atoms with Crippen molar-refractivity contribution in [3.8, 4) is 0 Å². The van der Waals surface area contributed by atoms with E-state index in [1.54, 1.807) is 0 Å². The van der Waals surface area contributed by atoms with E-state index >= 15 is 0 Å². The quantitative estimate of drug-likeness (QED) is 0.688. The van der Waals surface area contributed by atoms with Crippen LogP contribution < -0.4 is 0 Å². The van der Waals surface area contributed by atoms with Crippen LogP contribution in [0.15, 0.2) is 0 Å². The van der Waals surface area contributed by atoms with Gasteiger partial charge in [0.05, 0.1) is 18.3 Å². The Balaban J connectivity index is 1.64. The van der Waals surface area contributed by atoms with Crippen LogP contribution >= 0.6 is 0 Å². The highest BCUT2D eigenvalue weighted by Crippen LogP contribution is 2.67. The molecule has 3 N–H and O–H groups in total. The molecule has 0 saturated heterocycles. The van der Waals surface area contributed by atoms with Gasteiger partial charge in [0.2, 0.25) is 0 Å². The van der Waals surface area contributed by atoms with Crippen LogP contribution in [-0.4, -0.2) is 33.6 Å². The average Bonchev–Trinajstić information content (AvgIpc) is 2.87. The molecule has 0 unspecified atom stereocenters. The lowest BCUT2D eigenvalue weighted by atomic mass is 9.44. The maximum absolute atomic E-state index is 10.9. The van der Waals surface area contributed by atoms with Gasteiger partial charge in [-0.25, -0.2) is 0 Å². The summed E-state index contributed by atoms with van der Waals surface area (Å²) in [6.07, 6.45) is 7.86. The number of rotatable bonds is 1. The molecule has 4 fully saturated rings. The summed E-state index contributed by atoms with van der Waals surface area (Å²) >= 11 is 0. The van der Waals surface area contributed by atoms with E-state index in [2.05, 4.69) is 13.8 Å². The minimum absolute atomic E-state index is 0.200. The minimum Gasteiger partial charge on any atom is -0.393 e. The molecule has 138 valence electrons. The van der Waals surface area contributed by atoms with Crippen molar-refractivity contribution in [2.45, 2.75) is 90.4 Å². The van der Waals surface area contributed by atoms with Gasteiger partial charge in [-0.3, -0.25) is 0 Å². The van der Waals surface area contributed by atoms with Gasteiger partial charge in [0.15, 0.2) is 0 Å². The van der Waals surface area contributed by atoms with Crippen LogP contribution in [0, 0.1) is 40.4 Å². The molecular weight excluding hydrogens is 300 g/mol. The van der Waals surface area contributed by atoms with E-state index < -0.39 is 0 Å². The molecule has 0 bridgehead atoms. The molecule has 3 heteroatoms. The first kappa shape index (κ1) is 17.3. The Morgan fingerprint density at radius 2 is 1.50 bits per heavy atom. The van der Waals surface area contributed by atoms with Crippen LogP contribution in [0.25, 0.3) is 0 Å². The molecule has 0 amide bonds. The van der Waals surface area contributed by atoms with Gasteiger partial charge in [0, 0.05) is 0 Å². The zero-order valence-corrected chi connectivity index (χ0v) is 15.6. The van der Waals surface area contributed by atoms with Crippen molar-refractivity contribution in [2.75, 3.05) is 0 Å². The Labute approximate surface area is 146 Å². The lowest BCUT2D eigenvalue weighted by molar-refractivity contribution is -0.173. The topological polar surface area (TPSA) is 60.7 Å². The fraction of sp³-hybridized carbons (Fsp3) is 1.00. The smallest absolute Gasteiger partial charge is 0.0577 e. The summed E-state index contributed by atoms with van der Waals surface area (Å²) in [4.78, 5) is 0. The molecule has 4 aliphatic rings. The molecule has 4 saturated carbocycles. The molecule has 4 rings (SSSR count). The van der Waals surface area contributed by atoms with Crippen LogP contribution in [0.5, 0.6) is 0 Å². The lowest BCUT2D eigenvalue weighted by Gasteiger charge is -2.62. The summed E-state index contributed by atoms with van der Waals surface area (Å²) in [6.45, 7) is 6.80. The van der Waals surface area contributed by atoms with E-state index in [0.29, 0.717) is 23.7 Å². The third kappa shape index (κ3) is 2.27. The van der Waals surface area contributed by atoms with Crippen LogP contribution in [0.3, 0.4) is 0 Å². The molecule has 10 atom stereocenters. The first-order valence-electron chi connectivity index (χ1n) is 10.3. The molecular formula is C21H36O3. The lowest BCUT2D eigenvalue weighted by Crippen LogP contribution is -2.58. The highest BCUT2D eigenvalue weighted by atomic mass is 16.3. The van der Waals surface area contributed by atoms with E-state index in [1.807, 2.05) is 6.92 Å². The van der Waals surface area contributed by atoms with Crippen molar-refractivity contribution in [2.24, 2.45) is 40.4 Å². The third-order valence-electron chi connectivity index (χ3n) is 9.31. The molecule has 0 aliphatic heterocycles. The van der Waals surface area contributed by atoms with Crippen molar-refractivity contribution < 1.29 is 15.3 Å². The Morgan fingerprint density at radius 3 is 2.21 bits per heavy atom. The van der Waals surface area contributed by atoms with E-state index in [9.17, 15) is 15.3 Å². The van der Waals surface area contributed by atoms with Crippen molar-refractivity contribution in [1.29, 1.82) is 0 Å². The molecule has 24 heavy (non-hydrogen) atoms. The van der Waals surface area contributed by atoms with Crippen molar-refractivity contribution in [1.82, 2.24) is 0 Å². The molecule has 3 nitrogen and oxygen atoms in total. The molecule has 0 spiro atoms. The molecule has 0 aromatic carbocycles. The van der Waals surface area contributed by atoms with Crippen LogP contribution in [0.4, 0.5) is 0 Å². The second-order valence-corrected chi connectivity index (χ2v) is 10.2. The van der Waals surface area contributed by atoms with Crippen LogP contribution in [0.1, 0.15) is 72.1 Å². The second kappa shape index (κ2) is 5.69. The molecule has 0 heterocycles. The van der Waals surface area contributed by atoms with Crippen LogP contribution in [-0.2, 0) is 0 Å². The predicted octanol–water partition coefficient (Wildman–Crippen LogP) is 3.36. The highest BCUT2D eigenvalue weighted by molar-refractivity contribution is 5.11. The van der Waals surface area contributed by atoms with Gasteiger partial charge in [-0.05, 0) is 98.7 Å². The number of aliphatic hydroxyl groups excluding tert-OH is 3. The standard InChI is InChI=1S/C21H36O3/c1-12(22)15-4-5-16-14-11-19(24)18-10-13(23)6-8-21(18,3)17(14)7-9-20(15,16)2/h12-19,22-24H,4-11H2,1-3H3/t12-,13-,14-,15+,16-,17-,18-,19-,20+,21+/m0/s1. The SMILES string of the molecule is C[C@H](O)[C@H]1CC[C@H]2[C@@H]3C[C@H](O)[C@@H]4C[C@@H](O)CC[C@]4(C)[C@H]3CC[C@]12C. The van der Waals surface area contributed by atoms with Crippen molar-refractivity contribution >= 4 is 0 Å². The fourth-order valence-corrected chi connectivity index (χ4v) is 8.11. The monoisotopic (exact) mass is 336 g/mol. The van der Waals surface area contributed by atoms with Gasteiger partial charge >= 0.3 is 0 Å². The van der Waals surface area contributed by atoms with E-state index in [0.717, 1.165) is 32.1 Å². The second-order valence-electron chi connectivity index (χ2n) is 10.2. The molecule has 4 aliphatic carbocycles. The van der Waals surface area contributed by atoms with Gasteiger partial charge < -0.3 is 15.3 Å². The zero-order chi connectivity index (χ0) is 17.3. The summed E-state index contributed by atoms with van der Waals surface area (Å²) in [6, 6.07) is 0. The summed E-state index contributed by atoms with van der Waals surface area (Å²) < 4.78 is 0. The van der Waals surface area contributed by atoms with Gasteiger partial charge in [0.1, 0.15) is 0 Å². The van der Waals surface area contributed by atoms with E-state index in [1.165, 1.54) is 19.3 Å². The van der Waals surface area contributed by atoms with Crippen LogP contribution in [0.2, 0.25) is 0 Å². The number of fused-ring (bicyclic) bond motifs is 5. The first-order chi connectivity index (χ1) is 11.3. The van der Waals surface area contributed by atoms with Gasteiger partial charge in [-0.1, -0.05) is 13.8 Å². The molecule has 0 aromatic rings. The maximum atomic E-state index is 10.9. The minimum atomic E-state index is -0.251. The summed E-state index contributed by atoms with van der Waals surface area (Å²) in [5.74, 6) is 2.68. The largest absolute Gasteiger partial charge is 0.393 e. The van der Waals surface area contributed by atoms with E-state index in [-0.39, 0.29) is 35.1 Å². The zero-order valence-electron chi connectivity index (χ0n) is 15.6. The first-order valence-corrected chi connectivity index (χ1v) is 10.3.